The third-order valence-corrected chi connectivity index (χ3v) is 2.29. The van der Waals surface area contributed by atoms with Gasteiger partial charge in [-0.2, -0.15) is 0 Å². The van der Waals surface area contributed by atoms with Crippen molar-refractivity contribution in [1.82, 2.24) is 0 Å². The molecule has 0 spiro atoms. The van der Waals surface area contributed by atoms with Crippen molar-refractivity contribution < 1.29 is 4.21 Å². The summed E-state index contributed by atoms with van der Waals surface area (Å²) >= 11 is 0. The van der Waals surface area contributed by atoms with Crippen molar-refractivity contribution in [3.05, 3.63) is 29.8 Å². The Hall–Kier alpha value is -0.630. The molecule has 0 saturated carbocycles. The molecule has 2 heteroatoms. The molecule has 0 amide bonds. The average molecular weight is 154 g/mol. The molecular formula is C8H10OS. The van der Waals surface area contributed by atoms with Gasteiger partial charge in [0.25, 0.3) is 0 Å². The fraction of sp³-hybridized carbons (Fsp3) is 0.250. The average Bonchev–Trinajstić information content (AvgIpc) is 1.88. The van der Waals surface area contributed by atoms with Crippen LogP contribution in [0.2, 0.25) is 0 Å². The monoisotopic (exact) mass is 154 g/mol. The number of aryl methyl sites for hydroxylation is 1. The maximum Gasteiger partial charge on any atom is 0.0498 e. The number of rotatable bonds is 1. The maximum atomic E-state index is 10.9. The Morgan fingerprint density at radius 3 is 2.10 bits per heavy atom. The molecule has 0 unspecified atom stereocenters. The molecular weight excluding hydrogens is 144 g/mol. The van der Waals surface area contributed by atoms with Gasteiger partial charge in [0.15, 0.2) is 0 Å². The van der Waals surface area contributed by atoms with E-state index in [1.165, 1.54) is 5.56 Å². The molecule has 10 heavy (non-hydrogen) atoms. The highest BCUT2D eigenvalue weighted by Gasteiger charge is 1.93. The van der Waals surface area contributed by atoms with E-state index in [2.05, 4.69) is 0 Å². The van der Waals surface area contributed by atoms with Crippen LogP contribution in [0.4, 0.5) is 0 Å². The molecule has 1 atom stereocenters. The van der Waals surface area contributed by atoms with Crippen molar-refractivity contribution in [2.24, 2.45) is 0 Å². The van der Waals surface area contributed by atoms with E-state index in [0.29, 0.717) is 0 Å². The van der Waals surface area contributed by atoms with Crippen LogP contribution in [0.15, 0.2) is 29.2 Å². The fourth-order valence-corrected chi connectivity index (χ4v) is 1.25. The van der Waals surface area contributed by atoms with E-state index in [-0.39, 0.29) is 0 Å². The van der Waals surface area contributed by atoms with Gasteiger partial charge in [-0.1, -0.05) is 17.7 Å². The third-order valence-electron chi connectivity index (χ3n) is 1.35. The topological polar surface area (TPSA) is 17.1 Å². The van der Waals surface area contributed by atoms with Crippen LogP contribution < -0.4 is 0 Å². The van der Waals surface area contributed by atoms with Gasteiger partial charge in [0.2, 0.25) is 0 Å². The van der Waals surface area contributed by atoms with Gasteiger partial charge >= 0.3 is 0 Å². The van der Waals surface area contributed by atoms with E-state index in [0.717, 1.165) is 4.90 Å². The highest BCUT2D eigenvalue weighted by molar-refractivity contribution is 7.84. The molecule has 0 aliphatic heterocycles. The van der Waals surface area contributed by atoms with Crippen LogP contribution in [-0.4, -0.2) is 10.5 Å². The SMILES string of the molecule is Cc1ccc([S@@](C)=O)cc1. The van der Waals surface area contributed by atoms with Gasteiger partial charge in [-0.3, -0.25) is 4.21 Å². The van der Waals surface area contributed by atoms with Crippen molar-refractivity contribution in [3.63, 3.8) is 0 Å². The first-order valence-corrected chi connectivity index (χ1v) is 4.66. The molecule has 1 aromatic rings. The van der Waals surface area contributed by atoms with E-state index >= 15 is 0 Å². The fourth-order valence-electron chi connectivity index (χ4n) is 0.730. The molecule has 0 fully saturated rings. The van der Waals surface area contributed by atoms with Gasteiger partial charge in [-0.05, 0) is 19.1 Å². The van der Waals surface area contributed by atoms with Crippen LogP contribution >= 0.6 is 0 Å². The second kappa shape index (κ2) is 2.97. The highest BCUT2D eigenvalue weighted by atomic mass is 32.2. The second-order valence-electron chi connectivity index (χ2n) is 2.27. The lowest BCUT2D eigenvalue weighted by atomic mass is 10.2. The molecule has 0 aliphatic carbocycles. The minimum Gasteiger partial charge on any atom is -0.255 e. The van der Waals surface area contributed by atoms with E-state index < -0.39 is 10.8 Å². The Bertz CT molecular complexity index is 238. The minimum atomic E-state index is -0.837. The zero-order valence-corrected chi connectivity index (χ0v) is 6.94. The normalized spacial score (nSPS) is 13.0. The lowest BCUT2D eigenvalue weighted by molar-refractivity contribution is 0.687. The Morgan fingerprint density at radius 1 is 1.20 bits per heavy atom. The summed E-state index contributed by atoms with van der Waals surface area (Å²) in [6.07, 6.45) is 1.69. The van der Waals surface area contributed by atoms with Crippen molar-refractivity contribution in [2.75, 3.05) is 6.26 Å². The number of hydrogen-bond donors (Lipinski definition) is 0. The molecule has 0 bridgehead atoms. The molecule has 0 N–H and O–H groups in total. The van der Waals surface area contributed by atoms with Crippen molar-refractivity contribution in [2.45, 2.75) is 11.8 Å². The van der Waals surface area contributed by atoms with Crippen molar-refractivity contribution in [1.29, 1.82) is 0 Å². The predicted octanol–water partition coefficient (Wildman–Crippen LogP) is 1.73. The van der Waals surface area contributed by atoms with Gasteiger partial charge in [0.05, 0.1) is 0 Å². The Labute approximate surface area is 63.5 Å². The first-order chi connectivity index (χ1) is 4.70. The lowest BCUT2D eigenvalue weighted by Gasteiger charge is -1.94. The van der Waals surface area contributed by atoms with Crippen molar-refractivity contribution in [3.8, 4) is 0 Å². The molecule has 1 nitrogen and oxygen atoms in total. The standard InChI is InChI=1S/C8H10OS/c1-7-3-5-8(6-4-7)10(2)9/h3-6H,1-2H3/t10-/m1/s1. The molecule has 0 saturated heterocycles. The summed E-state index contributed by atoms with van der Waals surface area (Å²) in [5.74, 6) is 0. The maximum absolute atomic E-state index is 10.9. The summed E-state index contributed by atoms with van der Waals surface area (Å²) in [6, 6.07) is 7.73. The van der Waals surface area contributed by atoms with Gasteiger partial charge in [0.1, 0.15) is 0 Å². The summed E-state index contributed by atoms with van der Waals surface area (Å²) in [5.41, 5.74) is 1.20. The zero-order valence-electron chi connectivity index (χ0n) is 6.13. The molecule has 0 radical (unpaired) electrons. The van der Waals surface area contributed by atoms with Gasteiger partial charge in [-0.25, -0.2) is 0 Å². The van der Waals surface area contributed by atoms with Crippen molar-refractivity contribution >= 4 is 10.8 Å². The first kappa shape index (κ1) is 7.48. The molecule has 54 valence electrons. The molecule has 1 aromatic carbocycles. The van der Waals surface area contributed by atoms with Crippen LogP contribution in [0.1, 0.15) is 5.56 Å². The molecule has 0 aliphatic rings. The van der Waals surface area contributed by atoms with Gasteiger partial charge < -0.3 is 0 Å². The highest BCUT2D eigenvalue weighted by Crippen LogP contribution is 2.05. The van der Waals surface area contributed by atoms with E-state index in [9.17, 15) is 4.21 Å². The van der Waals surface area contributed by atoms with E-state index in [1.807, 2.05) is 31.2 Å². The zero-order chi connectivity index (χ0) is 7.56. The van der Waals surface area contributed by atoms with Crippen LogP contribution in [0.25, 0.3) is 0 Å². The van der Waals surface area contributed by atoms with Crippen LogP contribution in [-0.2, 0) is 10.8 Å². The van der Waals surface area contributed by atoms with Gasteiger partial charge in [0, 0.05) is 22.0 Å². The van der Waals surface area contributed by atoms with E-state index in [4.69, 9.17) is 0 Å². The second-order valence-corrected chi connectivity index (χ2v) is 3.65. The third kappa shape index (κ3) is 1.67. The Morgan fingerprint density at radius 2 is 1.70 bits per heavy atom. The smallest absolute Gasteiger partial charge is 0.0498 e. The van der Waals surface area contributed by atoms with Crippen LogP contribution in [0.5, 0.6) is 0 Å². The predicted molar refractivity (Wildman–Crippen MR) is 43.5 cm³/mol. The lowest BCUT2D eigenvalue weighted by Crippen LogP contribution is -1.85. The van der Waals surface area contributed by atoms with Crippen LogP contribution in [0.3, 0.4) is 0 Å². The largest absolute Gasteiger partial charge is 0.255 e. The van der Waals surface area contributed by atoms with Gasteiger partial charge in [-0.15, -0.1) is 0 Å². The van der Waals surface area contributed by atoms with E-state index in [1.54, 1.807) is 6.26 Å². The Balaban J connectivity index is 3.00. The summed E-state index contributed by atoms with van der Waals surface area (Å²) in [5, 5.41) is 0. The minimum absolute atomic E-state index is 0.837. The Kier molecular flexibility index (Phi) is 2.22. The molecule has 0 aromatic heterocycles. The van der Waals surface area contributed by atoms with Crippen LogP contribution in [0, 0.1) is 6.92 Å². The molecule has 0 heterocycles. The summed E-state index contributed by atoms with van der Waals surface area (Å²) < 4.78 is 10.9. The number of benzene rings is 1. The summed E-state index contributed by atoms with van der Waals surface area (Å²) in [6.45, 7) is 2.02. The summed E-state index contributed by atoms with van der Waals surface area (Å²) in [4.78, 5) is 0.894. The summed E-state index contributed by atoms with van der Waals surface area (Å²) in [7, 11) is -0.837. The quantitative estimate of drug-likeness (QED) is 0.602. The molecule has 1 rings (SSSR count). The number of hydrogen-bond acceptors (Lipinski definition) is 1. The first-order valence-electron chi connectivity index (χ1n) is 3.10.